The van der Waals surface area contributed by atoms with Crippen LogP contribution in [0.2, 0.25) is 0 Å². The van der Waals surface area contributed by atoms with Crippen LogP contribution in [-0.2, 0) is 42.9 Å². The van der Waals surface area contributed by atoms with Crippen LogP contribution >= 0.6 is 11.3 Å². The third-order valence-corrected chi connectivity index (χ3v) is 13.2. The summed E-state index contributed by atoms with van der Waals surface area (Å²) in [5.74, 6) is -6.36. The molecule has 286 valence electrons. The summed E-state index contributed by atoms with van der Waals surface area (Å²) in [5, 5.41) is 38.6. The predicted molar refractivity (Wildman–Crippen MR) is 187 cm³/mol. The van der Waals surface area contributed by atoms with Crippen molar-refractivity contribution in [3.63, 3.8) is 0 Å². The molecule has 1 aliphatic heterocycles. The average Bonchev–Trinajstić information content (AvgIpc) is 3.64. The van der Waals surface area contributed by atoms with E-state index in [1.807, 2.05) is 5.38 Å². The minimum atomic E-state index is -2.28. The maximum Gasteiger partial charge on any atom is 0.338 e. The third kappa shape index (κ3) is 6.02. The number of thiophene rings is 1. The Kier molecular flexibility index (Phi) is 10.0. The fourth-order valence-corrected chi connectivity index (χ4v) is 10.1. The number of hydrogen-bond donors (Lipinski definition) is 3. The van der Waals surface area contributed by atoms with Gasteiger partial charge in [-0.15, -0.1) is 11.3 Å². The number of aliphatic hydroxyl groups excluding tert-OH is 2. The van der Waals surface area contributed by atoms with E-state index in [-0.39, 0.29) is 29.7 Å². The summed E-state index contributed by atoms with van der Waals surface area (Å²) < 4.78 is 30.0. The molecule has 6 rings (SSSR count). The van der Waals surface area contributed by atoms with Gasteiger partial charge in [-0.2, -0.15) is 0 Å². The molecular formula is C39H46O13S. The molecule has 0 amide bonds. The normalized spacial score (nSPS) is 35.5. The van der Waals surface area contributed by atoms with Crippen molar-refractivity contribution in [3.8, 4) is 0 Å². The van der Waals surface area contributed by atoms with Crippen molar-refractivity contribution in [1.82, 2.24) is 0 Å². The van der Waals surface area contributed by atoms with E-state index in [1.165, 1.54) is 37.3 Å². The second-order valence-corrected chi connectivity index (χ2v) is 16.4. The number of hydrogen-bond acceptors (Lipinski definition) is 14. The van der Waals surface area contributed by atoms with E-state index in [9.17, 15) is 34.5 Å². The summed E-state index contributed by atoms with van der Waals surface area (Å²) in [6.07, 6.45) is -9.42. The molecule has 2 bridgehead atoms. The molecule has 1 aromatic heterocycles. The van der Waals surface area contributed by atoms with Gasteiger partial charge in [0.15, 0.2) is 17.5 Å². The first kappa shape index (κ1) is 38.8. The van der Waals surface area contributed by atoms with Crippen LogP contribution in [0.15, 0.2) is 59.0 Å². The first-order chi connectivity index (χ1) is 24.8. The summed E-state index contributed by atoms with van der Waals surface area (Å²) >= 11 is 1.36. The van der Waals surface area contributed by atoms with Gasteiger partial charge in [-0.25, -0.2) is 9.59 Å². The van der Waals surface area contributed by atoms with Gasteiger partial charge in [-0.05, 0) is 48.6 Å². The van der Waals surface area contributed by atoms with Crippen LogP contribution in [0.4, 0.5) is 0 Å². The van der Waals surface area contributed by atoms with Crippen LogP contribution in [0.1, 0.15) is 82.5 Å². The van der Waals surface area contributed by atoms with E-state index in [1.54, 1.807) is 58.0 Å². The smallest absolute Gasteiger partial charge is 0.338 e. The number of Topliss-reactive ketones (excluding diaryl/α,β-unsaturated/α-hetero) is 1. The van der Waals surface area contributed by atoms with E-state index in [2.05, 4.69) is 0 Å². The molecule has 11 atom stereocenters. The van der Waals surface area contributed by atoms with E-state index in [4.69, 9.17) is 23.7 Å². The monoisotopic (exact) mass is 754 g/mol. The largest absolute Gasteiger partial charge is 0.461 e. The second-order valence-electron chi connectivity index (χ2n) is 15.4. The molecule has 1 saturated heterocycles. The van der Waals surface area contributed by atoms with Crippen molar-refractivity contribution < 1.29 is 63.0 Å². The third-order valence-electron chi connectivity index (χ3n) is 12.2. The molecular weight excluding hydrogens is 708 g/mol. The summed E-state index contributed by atoms with van der Waals surface area (Å²) in [4.78, 5) is 69.0. The number of benzene rings is 1. The van der Waals surface area contributed by atoms with Crippen LogP contribution in [0.5, 0.6) is 0 Å². The van der Waals surface area contributed by atoms with Crippen LogP contribution in [-0.4, -0.2) is 99.4 Å². The lowest BCUT2D eigenvalue weighted by molar-refractivity contribution is -0.346. The SMILES string of the molecule is CC(=O)O[C@H]1C[C@H]2OC[C@@]2(OC(C)=O)[C@H]2[C@H](OC(=O)c3ccccc3)[C@]3(O)CC(OC(=O)[C@H](O)[C@@H](C)c4cccs4)C(C)=C([C@@H](O)C(=O)[C@]12C)C3(C)C. The lowest BCUT2D eigenvalue weighted by Gasteiger charge is -2.67. The average molecular weight is 755 g/mol. The van der Waals surface area contributed by atoms with E-state index in [0.29, 0.717) is 0 Å². The molecule has 4 aliphatic rings. The molecule has 1 unspecified atom stereocenters. The van der Waals surface area contributed by atoms with Gasteiger partial charge in [0.25, 0.3) is 0 Å². The van der Waals surface area contributed by atoms with Crippen molar-refractivity contribution in [3.05, 3.63) is 69.4 Å². The number of aliphatic hydroxyl groups is 3. The number of ketones is 1. The first-order valence-corrected chi connectivity index (χ1v) is 18.5. The van der Waals surface area contributed by atoms with E-state index < -0.39 is 107 Å². The second kappa shape index (κ2) is 13.7. The van der Waals surface area contributed by atoms with Gasteiger partial charge in [-0.1, -0.05) is 45.0 Å². The topological polar surface area (TPSA) is 192 Å². The van der Waals surface area contributed by atoms with Gasteiger partial charge in [0.05, 0.1) is 23.5 Å². The van der Waals surface area contributed by atoms with E-state index >= 15 is 4.79 Å². The number of carbonyl (C=O) groups is 5. The Morgan fingerprint density at radius 3 is 2.23 bits per heavy atom. The van der Waals surface area contributed by atoms with Gasteiger partial charge in [0.1, 0.15) is 36.1 Å². The minimum absolute atomic E-state index is 0.00498. The molecule has 0 spiro atoms. The van der Waals surface area contributed by atoms with Crippen molar-refractivity contribution in [2.75, 3.05) is 6.61 Å². The zero-order valence-corrected chi connectivity index (χ0v) is 31.5. The molecule has 3 aliphatic carbocycles. The summed E-state index contributed by atoms with van der Waals surface area (Å²) in [7, 11) is 0. The highest BCUT2D eigenvalue weighted by atomic mass is 32.1. The fraction of sp³-hybridized carbons (Fsp3) is 0.564. The Bertz CT molecular complexity index is 1820. The molecule has 2 aromatic rings. The van der Waals surface area contributed by atoms with Gasteiger partial charge in [0, 0.05) is 42.9 Å². The summed E-state index contributed by atoms with van der Waals surface area (Å²) in [6, 6.07) is 11.5. The zero-order valence-electron chi connectivity index (χ0n) is 30.7. The number of ether oxygens (including phenoxy) is 5. The highest BCUT2D eigenvalue weighted by molar-refractivity contribution is 7.10. The Labute approximate surface area is 311 Å². The standard InChI is InChI=1S/C39H46O13S/c1-19-24(50-35(46)29(42)20(2)25-14-11-15-53-25)17-39(47)33(51-34(45)23-12-9-8-10-13-23)31-37(7,32(44)30(43)28(19)36(39,5)6)26(49-21(3)40)16-27-38(31,18-48-27)52-22(4)41/h8-15,20,24,26-27,29-31,33,42-43,47H,16-18H2,1-7H3/t20-,24?,26-,27+,29+,30+,31-,33-,37+,38-,39+/m0/s1. The molecule has 1 aromatic carbocycles. The molecule has 13 nitrogen and oxygen atoms in total. The van der Waals surface area contributed by atoms with Crippen molar-refractivity contribution in [1.29, 1.82) is 0 Å². The van der Waals surface area contributed by atoms with E-state index in [0.717, 1.165) is 11.8 Å². The van der Waals surface area contributed by atoms with Gasteiger partial charge in [0.2, 0.25) is 0 Å². The Hall–Kier alpha value is -3.95. The molecule has 3 N–H and O–H groups in total. The van der Waals surface area contributed by atoms with Crippen LogP contribution in [0, 0.1) is 16.7 Å². The Morgan fingerprint density at radius 1 is 0.981 bits per heavy atom. The van der Waals surface area contributed by atoms with Crippen LogP contribution in [0.25, 0.3) is 0 Å². The lowest BCUT2D eigenvalue weighted by atomic mass is 9.44. The molecule has 3 fully saturated rings. The fourth-order valence-electron chi connectivity index (χ4n) is 9.24. The van der Waals surface area contributed by atoms with Gasteiger partial charge < -0.3 is 39.0 Å². The quantitative estimate of drug-likeness (QED) is 0.202. The summed E-state index contributed by atoms with van der Waals surface area (Å²) in [6.45, 7) is 9.92. The van der Waals surface area contributed by atoms with Crippen molar-refractivity contribution >= 4 is 41.0 Å². The van der Waals surface area contributed by atoms with Crippen LogP contribution in [0.3, 0.4) is 0 Å². The van der Waals surface area contributed by atoms with Crippen molar-refractivity contribution in [2.24, 2.45) is 16.7 Å². The Morgan fingerprint density at radius 2 is 1.66 bits per heavy atom. The molecule has 2 heterocycles. The van der Waals surface area contributed by atoms with Crippen molar-refractivity contribution in [2.45, 2.75) is 115 Å². The van der Waals surface area contributed by atoms with Gasteiger partial charge >= 0.3 is 23.9 Å². The lowest BCUT2D eigenvalue weighted by Crippen LogP contribution is -2.82. The summed E-state index contributed by atoms with van der Waals surface area (Å²) in [5.41, 5.74) is -7.14. The zero-order chi connectivity index (χ0) is 38.8. The van der Waals surface area contributed by atoms with Gasteiger partial charge in [-0.3, -0.25) is 14.4 Å². The number of carbonyl (C=O) groups excluding carboxylic acids is 5. The highest BCUT2D eigenvalue weighted by Gasteiger charge is 2.78. The highest BCUT2D eigenvalue weighted by Crippen LogP contribution is 2.64. The maximum absolute atomic E-state index is 15.1. The number of rotatable bonds is 8. The van der Waals surface area contributed by atoms with Crippen LogP contribution < -0.4 is 0 Å². The predicted octanol–water partition coefficient (Wildman–Crippen LogP) is 3.43. The Balaban J connectivity index is 1.57. The first-order valence-electron chi connectivity index (χ1n) is 17.6. The number of esters is 4. The number of fused-ring (bicyclic) bond motifs is 5. The molecule has 0 radical (unpaired) electrons. The molecule has 53 heavy (non-hydrogen) atoms. The molecule has 14 heteroatoms. The minimum Gasteiger partial charge on any atom is -0.461 e. The molecule has 2 saturated carbocycles. The maximum atomic E-state index is 15.1.